The van der Waals surface area contributed by atoms with Crippen LogP contribution < -0.4 is 0 Å². The van der Waals surface area contributed by atoms with E-state index in [1.54, 1.807) is 13.8 Å². The Morgan fingerprint density at radius 1 is 1.08 bits per heavy atom. The summed E-state index contributed by atoms with van der Waals surface area (Å²) in [6.45, 7) is 3.91. The van der Waals surface area contributed by atoms with Gasteiger partial charge in [0.1, 0.15) is 6.61 Å². The maximum Gasteiger partial charge on any atom is 0.309 e. The molecule has 0 radical (unpaired) electrons. The lowest BCUT2D eigenvalue weighted by molar-refractivity contribution is -0.148. The first-order chi connectivity index (χ1) is 5.70. The van der Waals surface area contributed by atoms with Gasteiger partial charge in [-0.05, 0) is 6.92 Å². The van der Waals surface area contributed by atoms with Gasteiger partial charge in [-0.25, -0.2) is 0 Å². The van der Waals surface area contributed by atoms with Crippen LogP contribution in [0.15, 0.2) is 0 Å². The van der Waals surface area contributed by atoms with Crippen LogP contribution >= 0.6 is 0 Å². The zero-order valence-electron chi connectivity index (χ0n) is 7.46. The quantitative estimate of drug-likeness (QED) is 0.581. The Morgan fingerprint density at radius 3 is 2.25 bits per heavy atom. The molecular formula is C8H14O4. The minimum absolute atomic E-state index is 0.117. The number of esters is 2. The lowest BCUT2D eigenvalue weighted by atomic mass is 10.4. The summed E-state index contributed by atoms with van der Waals surface area (Å²) < 4.78 is 9.30. The molecule has 0 saturated heterocycles. The van der Waals surface area contributed by atoms with E-state index in [1.165, 1.54) is 0 Å². The fourth-order valence-corrected chi connectivity index (χ4v) is 0.583. The second-order valence-electron chi connectivity index (χ2n) is 2.13. The number of ether oxygens (including phenoxy) is 2. The maximum atomic E-state index is 10.7. The highest BCUT2D eigenvalue weighted by Crippen LogP contribution is 1.90. The van der Waals surface area contributed by atoms with E-state index < -0.39 is 0 Å². The van der Waals surface area contributed by atoms with Gasteiger partial charge in [0.05, 0.1) is 13.0 Å². The first-order valence-electron chi connectivity index (χ1n) is 4.02. The second kappa shape index (κ2) is 6.64. The predicted octanol–water partition coefficient (Wildman–Crippen LogP) is 0.893. The van der Waals surface area contributed by atoms with E-state index in [9.17, 15) is 9.59 Å². The second-order valence-corrected chi connectivity index (χ2v) is 2.13. The number of rotatable bonds is 5. The van der Waals surface area contributed by atoms with Crippen molar-refractivity contribution in [2.45, 2.75) is 26.7 Å². The largest absolute Gasteiger partial charge is 0.466 e. The van der Waals surface area contributed by atoms with Gasteiger partial charge in [-0.1, -0.05) is 6.92 Å². The maximum absolute atomic E-state index is 10.7. The SMILES string of the molecule is CCOC(=O)CCOC(=O)CC. The summed E-state index contributed by atoms with van der Waals surface area (Å²) in [6, 6.07) is 0. The van der Waals surface area contributed by atoms with Gasteiger partial charge in [-0.15, -0.1) is 0 Å². The van der Waals surface area contributed by atoms with Gasteiger partial charge in [-0.3, -0.25) is 9.59 Å². The van der Waals surface area contributed by atoms with Crippen LogP contribution in [0.5, 0.6) is 0 Å². The molecule has 0 aliphatic heterocycles. The van der Waals surface area contributed by atoms with Gasteiger partial charge in [-0.2, -0.15) is 0 Å². The monoisotopic (exact) mass is 174 g/mol. The molecule has 70 valence electrons. The van der Waals surface area contributed by atoms with Crippen molar-refractivity contribution >= 4 is 11.9 Å². The minimum Gasteiger partial charge on any atom is -0.466 e. The Hall–Kier alpha value is -1.06. The summed E-state index contributed by atoms with van der Waals surface area (Å²) in [5.41, 5.74) is 0. The fraction of sp³-hybridized carbons (Fsp3) is 0.750. The normalized spacial score (nSPS) is 9.17. The van der Waals surface area contributed by atoms with E-state index in [2.05, 4.69) is 9.47 Å². The Morgan fingerprint density at radius 2 is 1.75 bits per heavy atom. The minimum atomic E-state index is -0.332. The summed E-state index contributed by atoms with van der Waals surface area (Å²) in [7, 11) is 0. The van der Waals surface area contributed by atoms with Crippen LogP contribution in [0.2, 0.25) is 0 Å². The van der Waals surface area contributed by atoms with Crippen molar-refractivity contribution in [2.24, 2.45) is 0 Å². The van der Waals surface area contributed by atoms with Crippen LogP contribution in [0.25, 0.3) is 0 Å². The molecule has 0 unspecified atom stereocenters. The van der Waals surface area contributed by atoms with Crippen molar-refractivity contribution in [3.05, 3.63) is 0 Å². The van der Waals surface area contributed by atoms with Crippen molar-refractivity contribution in [2.75, 3.05) is 13.2 Å². The van der Waals surface area contributed by atoms with Crippen LogP contribution in [0.1, 0.15) is 26.7 Å². The third kappa shape index (κ3) is 5.70. The van der Waals surface area contributed by atoms with Crippen LogP contribution in [0.3, 0.4) is 0 Å². The molecule has 0 rings (SSSR count). The molecule has 0 aromatic heterocycles. The van der Waals surface area contributed by atoms with Crippen LogP contribution in [-0.4, -0.2) is 25.2 Å². The van der Waals surface area contributed by atoms with Gasteiger partial charge >= 0.3 is 11.9 Å². The highest BCUT2D eigenvalue weighted by molar-refractivity contribution is 5.71. The number of carbonyl (C=O) groups is 2. The highest BCUT2D eigenvalue weighted by atomic mass is 16.5. The Bertz CT molecular complexity index is 153. The van der Waals surface area contributed by atoms with Gasteiger partial charge < -0.3 is 9.47 Å². The van der Waals surface area contributed by atoms with Crippen molar-refractivity contribution < 1.29 is 19.1 Å². The van der Waals surface area contributed by atoms with Gasteiger partial charge in [0.2, 0.25) is 0 Å². The summed E-state index contributed by atoms with van der Waals surface area (Å²) in [6.07, 6.45) is 0.475. The Kier molecular flexibility index (Phi) is 6.05. The molecule has 0 atom stereocenters. The first-order valence-corrected chi connectivity index (χ1v) is 4.02. The molecule has 0 spiro atoms. The zero-order valence-corrected chi connectivity index (χ0v) is 7.46. The van der Waals surface area contributed by atoms with E-state index >= 15 is 0 Å². The number of hydrogen-bond acceptors (Lipinski definition) is 4. The molecule has 0 aromatic carbocycles. The molecule has 0 bridgehead atoms. The van der Waals surface area contributed by atoms with E-state index in [-0.39, 0.29) is 25.0 Å². The molecule has 0 amide bonds. The third-order valence-electron chi connectivity index (χ3n) is 1.16. The third-order valence-corrected chi connectivity index (χ3v) is 1.16. The topological polar surface area (TPSA) is 52.6 Å². The van der Waals surface area contributed by atoms with Crippen molar-refractivity contribution in [1.29, 1.82) is 0 Å². The molecule has 0 aliphatic carbocycles. The number of hydrogen-bond donors (Lipinski definition) is 0. The summed E-state index contributed by atoms with van der Waals surface area (Å²) >= 11 is 0. The summed E-state index contributed by atoms with van der Waals surface area (Å²) in [4.78, 5) is 21.3. The molecule has 0 saturated carbocycles. The van der Waals surface area contributed by atoms with E-state index in [0.29, 0.717) is 13.0 Å². The van der Waals surface area contributed by atoms with E-state index in [4.69, 9.17) is 0 Å². The predicted molar refractivity (Wildman–Crippen MR) is 42.5 cm³/mol. The van der Waals surface area contributed by atoms with Gasteiger partial charge in [0, 0.05) is 6.42 Å². The molecule has 0 aliphatic rings. The standard InChI is InChI=1S/C8H14O4/c1-3-7(9)12-6-5-8(10)11-4-2/h3-6H2,1-2H3. The van der Waals surface area contributed by atoms with Crippen molar-refractivity contribution in [1.82, 2.24) is 0 Å². The molecule has 4 heteroatoms. The van der Waals surface area contributed by atoms with E-state index in [1.807, 2.05) is 0 Å². The number of carbonyl (C=O) groups excluding carboxylic acids is 2. The Balaban J connectivity index is 3.30. The van der Waals surface area contributed by atoms with Crippen molar-refractivity contribution in [3.8, 4) is 0 Å². The van der Waals surface area contributed by atoms with Crippen molar-refractivity contribution in [3.63, 3.8) is 0 Å². The highest BCUT2D eigenvalue weighted by Gasteiger charge is 2.03. The zero-order chi connectivity index (χ0) is 9.40. The van der Waals surface area contributed by atoms with Crippen LogP contribution in [-0.2, 0) is 19.1 Å². The van der Waals surface area contributed by atoms with Gasteiger partial charge in [0.15, 0.2) is 0 Å². The smallest absolute Gasteiger partial charge is 0.309 e. The lowest BCUT2D eigenvalue weighted by Gasteiger charge is -2.02. The lowest BCUT2D eigenvalue weighted by Crippen LogP contribution is -2.10. The fourth-order valence-electron chi connectivity index (χ4n) is 0.583. The van der Waals surface area contributed by atoms with E-state index in [0.717, 1.165) is 0 Å². The van der Waals surface area contributed by atoms with Crippen LogP contribution in [0.4, 0.5) is 0 Å². The summed E-state index contributed by atoms with van der Waals surface area (Å²) in [5, 5.41) is 0. The average Bonchev–Trinajstić information content (AvgIpc) is 2.04. The van der Waals surface area contributed by atoms with Crippen LogP contribution in [0, 0.1) is 0 Å². The molecular weight excluding hydrogens is 160 g/mol. The molecule has 12 heavy (non-hydrogen) atoms. The molecule has 0 heterocycles. The summed E-state index contributed by atoms with van der Waals surface area (Å²) in [5.74, 6) is -0.624. The molecule has 4 nitrogen and oxygen atoms in total. The molecule has 0 aromatic rings. The Labute approximate surface area is 71.8 Å². The average molecular weight is 174 g/mol. The van der Waals surface area contributed by atoms with Gasteiger partial charge in [0.25, 0.3) is 0 Å². The molecule has 0 N–H and O–H groups in total. The molecule has 0 fully saturated rings. The first kappa shape index (κ1) is 10.9.